The van der Waals surface area contributed by atoms with Gasteiger partial charge in [0.1, 0.15) is 5.75 Å². The summed E-state index contributed by atoms with van der Waals surface area (Å²) in [5, 5.41) is 8.79. The van der Waals surface area contributed by atoms with Crippen LogP contribution in [0.15, 0.2) is 42.5 Å². The highest BCUT2D eigenvalue weighted by molar-refractivity contribution is 7.80. The number of carbonyl (C=O) groups is 2. The van der Waals surface area contributed by atoms with E-state index >= 15 is 0 Å². The van der Waals surface area contributed by atoms with Gasteiger partial charge in [0.05, 0.1) is 17.3 Å². The summed E-state index contributed by atoms with van der Waals surface area (Å²) in [5.41, 5.74) is 1.52. The Kier molecular flexibility index (Phi) is 8.89. The molecule has 0 aliphatic rings. The number of benzene rings is 2. The summed E-state index contributed by atoms with van der Waals surface area (Å²) < 4.78 is 5.50. The Hall–Kier alpha value is -2.64. The Morgan fingerprint density at radius 1 is 1.03 bits per heavy atom. The number of ether oxygens (including phenoxy) is 1. The van der Waals surface area contributed by atoms with E-state index in [1.807, 2.05) is 13.8 Å². The van der Waals surface area contributed by atoms with E-state index in [1.54, 1.807) is 42.5 Å². The molecule has 0 spiro atoms. The number of nitrogens with one attached hydrogen (secondary N) is 3. The molecule has 0 aliphatic heterocycles. The van der Waals surface area contributed by atoms with Crippen LogP contribution in [0.2, 0.25) is 5.02 Å². The SMILES string of the molecule is CCCOc1ccc(C(=O)NC(=S)Nc2cc(NC(=O)CCC)ccc2Cl)cc1. The fraction of sp³-hybridized carbons (Fsp3) is 0.286. The molecule has 6 nitrogen and oxygen atoms in total. The van der Waals surface area contributed by atoms with E-state index in [4.69, 9.17) is 28.6 Å². The van der Waals surface area contributed by atoms with Gasteiger partial charge in [0, 0.05) is 17.7 Å². The van der Waals surface area contributed by atoms with Crippen molar-refractivity contribution >= 4 is 52.1 Å². The van der Waals surface area contributed by atoms with Crippen LogP contribution in [0.25, 0.3) is 0 Å². The van der Waals surface area contributed by atoms with Crippen molar-refractivity contribution < 1.29 is 14.3 Å². The maximum Gasteiger partial charge on any atom is 0.257 e. The zero-order valence-corrected chi connectivity index (χ0v) is 18.0. The molecule has 3 N–H and O–H groups in total. The lowest BCUT2D eigenvalue weighted by Gasteiger charge is -2.13. The summed E-state index contributed by atoms with van der Waals surface area (Å²) in [6.45, 7) is 4.58. The molecule has 0 unspecified atom stereocenters. The highest BCUT2D eigenvalue weighted by atomic mass is 35.5. The van der Waals surface area contributed by atoms with E-state index in [9.17, 15) is 9.59 Å². The molecular weight excluding hydrogens is 410 g/mol. The first kappa shape index (κ1) is 22.6. The van der Waals surface area contributed by atoms with Crippen molar-refractivity contribution in [3.05, 3.63) is 53.1 Å². The van der Waals surface area contributed by atoms with Crippen molar-refractivity contribution in [2.75, 3.05) is 17.2 Å². The molecule has 0 atom stereocenters. The quantitative estimate of drug-likeness (QED) is 0.511. The minimum Gasteiger partial charge on any atom is -0.494 e. The van der Waals surface area contributed by atoms with Gasteiger partial charge in [-0.2, -0.15) is 0 Å². The highest BCUT2D eigenvalue weighted by Crippen LogP contribution is 2.25. The lowest BCUT2D eigenvalue weighted by atomic mass is 10.2. The molecular formula is C21H24ClN3O3S. The van der Waals surface area contributed by atoms with Gasteiger partial charge in [0.2, 0.25) is 5.91 Å². The number of thiocarbonyl (C=S) groups is 1. The molecule has 2 rings (SSSR count). The average Bonchev–Trinajstić information content (AvgIpc) is 2.69. The maximum atomic E-state index is 12.4. The van der Waals surface area contributed by atoms with Gasteiger partial charge in [0.15, 0.2) is 5.11 Å². The zero-order valence-electron chi connectivity index (χ0n) is 16.4. The third-order valence-corrected chi connectivity index (χ3v) is 4.33. The molecule has 0 fully saturated rings. The molecule has 0 bridgehead atoms. The maximum absolute atomic E-state index is 12.4. The fourth-order valence-electron chi connectivity index (χ4n) is 2.40. The summed E-state index contributed by atoms with van der Waals surface area (Å²) in [7, 11) is 0. The molecule has 2 aromatic rings. The Balaban J connectivity index is 1.97. The lowest BCUT2D eigenvalue weighted by molar-refractivity contribution is -0.116. The van der Waals surface area contributed by atoms with Crippen molar-refractivity contribution in [3.8, 4) is 5.75 Å². The van der Waals surface area contributed by atoms with Gasteiger partial charge in [-0.1, -0.05) is 25.4 Å². The van der Waals surface area contributed by atoms with E-state index in [0.717, 1.165) is 12.8 Å². The summed E-state index contributed by atoms with van der Waals surface area (Å²) >= 11 is 11.4. The second kappa shape index (κ2) is 11.4. The number of hydrogen-bond donors (Lipinski definition) is 3. The van der Waals surface area contributed by atoms with E-state index in [1.165, 1.54) is 0 Å². The minimum atomic E-state index is -0.354. The van der Waals surface area contributed by atoms with Crippen molar-refractivity contribution in [2.24, 2.45) is 0 Å². The first-order chi connectivity index (χ1) is 13.9. The zero-order chi connectivity index (χ0) is 21.2. The van der Waals surface area contributed by atoms with Crippen LogP contribution < -0.4 is 20.7 Å². The molecule has 0 heterocycles. The molecule has 2 aromatic carbocycles. The number of hydrogen-bond acceptors (Lipinski definition) is 4. The number of rotatable bonds is 8. The predicted octanol–water partition coefficient (Wildman–Crippen LogP) is 4.99. The predicted molar refractivity (Wildman–Crippen MR) is 121 cm³/mol. The fourth-order valence-corrected chi connectivity index (χ4v) is 2.77. The van der Waals surface area contributed by atoms with Crippen LogP contribution in [0.3, 0.4) is 0 Å². The Bertz CT molecular complexity index is 872. The first-order valence-electron chi connectivity index (χ1n) is 9.37. The molecule has 0 saturated carbocycles. The molecule has 0 aromatic heterocycles. The summed E-state index contributed by atoms with van der Waals surface area (Å²) in [6.07, 6.45) is 2.10. The van der Waals surface area contributed by atoms with Gasteiger partial charge in [0.25, 0.3) is 5.91 Å². The third kappa shape index (κ3) is 7.36. The van der Waals surface area contributed by atoms with Crippen LogP contribution in [0.1, 0.15) is 43.5 Å². The first-order valence-corrected chi connectivity index (χ1v) is 10.2. The number of halogens is 1. The van der Waals surface area contributed by atoms with Crippen LogP contribution in [-0.2, 0) is 4.79 Å². The Morgan fingerprint density at radius 2 is 1.76 bits per heavy atom. The number of carbonyl (C=O) groups excluding carboxylic acids is 2. The molecule has 154 valence electrons. The molecule has 0 radical (unpaired) electrons. The monoisotopic (exact) mass is 433 g/mol. The molecule has 8 heteroatoms. The number of amides is 2. The number of anilines is 2. The van der Waals surface area contributed by atoms with Crippen molar-refractivity contribution in [1.29, 1.82) is 0 Å². The van der Waals surface area contributed by atoms with Crippen LogP contribution in [0.4, 0.5) is 11.4 Å². The van der Waals surface area contributed by atoms with Crippen molar-refractivity contribution in [1.82, 2.24) is 5.32 Å². The van der Waals surface area contributed by atoms with Crippen LogP contribution in [0, 0.1) is 0 Å². The lowest BCUT2D eigenvalue weighted by Crippen LogP contribution is -2.34. The normalized spacial score (nSPS) is 10.2. The molecule has 0 aliphatic carbocycles. The molecule has 0 saturated heterocycles. The Labute approximate surface area is 181 Å². The largest absolute Gasteiger partial charge is 0.494 e. The van der Waals surface area contributed by atoms with Crippen LogP contribution >= 0.6 is 23.8 Å². The summed E-state index contributed by atoms with van der Waals surface area (Å²) in [6, 6.07) is 11.8. The van der Waals surface area contributed by atoms with Crippen LogP contribution in [-0.4, -0.2) is 23.5 Å². The second-order valence-corrected chi connectivity index (χ2v) is 7.09. The highest BCUT2D eigenvalue weighted by Gasteiger charge is 2.11. The van der Waals surface area contributed by atoms with Gasteiger partial charge in [-0.25, -0.2) is 0 Å². The standard InChI is InChI=1S/C21H24ClN3O3S/c1-3-5-19(26)23-15-8-11-17(22)18(13-15)24-21(29)25-20(27)14-6-9-16(10-7-14)28-12-4-2/h6-11,13H,3-5,12H2,1-2H3,(H,23,26)(H2,24,25,27,29). The van der Waals surface area contributed by atoms with E-state index < -0.39 is 0 Å². The summed E-state index contributed by atoms with van der Waals surface area (Å²) in [5.74, 6) is 0.272. The van der Waals surface area contributed by atoms with Gasteiger partial charge in [-0.05, 0) is 67.5 Å². The Morgan fingerprint density at radius 3 is 2.41 bits per heavy atom. The third-order valence-electron chi connectivity index (χ3n) is 3.79. The van der Waals surface area contributed by atoms with Crippen LogP contribution in [0.5, 0.6) is 5.75 Å². The summed E-state index contributed by atoms with van der Waals surface area (Å²) in [4.78, 5) is 24.1. The van der Waals surface area contributed by atoms with E-state index in [2.05, 4.69) is 16.0 Å². The van der Waals surface area contributed by atoms with Crippen molar-refractivity contribution in [3.63, 3.8) is 0 Å². The topological polar surface area (TPSA) is 79.5 Å². The second-order valence-electron chi connectivity index (χ2n) is 6.27. The van der Waals surface area contributed by atoms with E-state index in [0.29, 0.717) is 40.7 Å². The van der Waals surface area contributed by atoms with Crippen molar-refractivity contribution in [2.45, 2.75) is 33.1 Å². The van der Waals surface area contributed by atoms with Gasteiger partial charge in [-0.15, -0.1) is 0 Å². The van der Waals surface area contributed by atoms with Gasteiger partial charge in [-0.3, -0.25) is 14.9 Å². The van der Waals surface area contributed by atoms with E-state index in [-0.39, 0.29) is 16.9 Å². The molecule has 29 heavy (non-hydrogen) atoms. The smallest absolute Gasteiger partial charge is 0.257 e. The van der Waals surface area contributed by atoms with Gasteiger partial charge < -0.3 is 15.4 Å². The van der Waals surface area contributed by atoms with Gasteiger partial charge >= 0.3 is 0 Å². The molecule has 2 amide bonds. The average molecular weight is 434 g/mol. The minimum absolute atomic E-state index is 0.0805.